The van der Waals surface area contributed by atoms with E-state index >= 15 is 0 Å². The fraction of sp³-hybridized carbons (Fsp3) is 0.429. The van der Waals surface area contributed by atoms with E-state index in [4.69, 9.17) is 15.2 Å². The van der Waals surface area contributed by atoms with Crippen molar-refractivity contribution in [3.05, 3.63) is 28.8 Å². The average molecular weight is 265 g/mol. The zero-order valence-corrected chi connectivity index (χ0v) is 11.6. The zero-order valence-electron chi connectivity index (χ0n) is 11.6. The molecular formula is C14H19NO4. The molecule has 5 nitrogen and oxygen atoms in total. The number of primary amides is 1. The highest BCUT2D eigenvalue weighted by Gasteiger charge is 2.12. The number of rotatable bonds is 5. The number of hydrogen-bond acceptors (Lipinski definition) is 4. The van der Waals surface area contributed by atoms with Gasteiger partial charge in [-0.05, 0) is 51.0 Å². The van der Waals surface area contributed by atoms with Crippen LogP contribution in [0, 0.1) is 13.8 Å². The van der Waals surface area contributed by atoms with E-state index in [-0.39, 0.29) is 12.7 Å². The van der Waals surface area contributed by atoms with Gasteiger partial charge in [-0.3, -0.25) is 4.79 Å². The van der Waals surface area contributed by atoms with Crippen molar-refractivity contribution in [3.63, 3.8) is 0 Å². The highest BCUT2D eigenvalue weighted by molar-refractivity contribution is 5.93. The maximum Gasteiger partial charge on any atom is 0.344 e. The molecule has 0 unspecified atom stereocenters. The molecule has 2 N–H and O–H groups in total. The monoisotopic (exact) mass is 265 g/mol. The number of ether oxygens (including phenoxy) is 2. The van der Waals surface area contributed by atoms with Crippen molar-refractivity contribution in [2.24, 2.45) is 5.73 Å². The van der Waals surface area contributed by atoms with Crippen molar-refractivity contribution in [2.45, 2.75) is 33.8 Å². The summed E-state index contributed by atoms with van der Waals surface area (Å²) < 4.78 is 10.4. The number of nitrogens with two attached hydrogens (primary N) is 1. The molecule has 1 amide bonds. The van der Waals surface area contributed by atoms with Crippen LogP contribution < -0.4 is 10.5 Å². The largest absolute Gasteiger partial charge is 0.481 e. The molecule has 1 rings (SSSR count). The van der Waals surface area contributed by atoms with Crippen molar-refractivity contribution >= 4 is 11.9 Å². The molecule has 0 fully saturated rings. The van der Waals surface area contributed by atoms with Gasteiger partial charge in [0, 0.05) is 5.56 Å². The van der Waals surface area contributed by atoms with Crippen LogP contribution in [0.3, 0.4) is 0 Å². The quantitative estimate of drug-likeness (QED) is 0.822. The van der Waals surface area contributed by atoms with Gasteiger partial charge in [-0.1, -0.05) is 0 Å². The first kappa shape index (κ1) is 15.0. The summed E-state index contributed by atoms with van der Waals surface area (Å²) in [7, 11) is 0. The Labute approximate surface area is 112 Å². The second kappa shape index (κ2) is 6.22. The Morgan fingerprint density at radius 2 is 1.74 bits per heavy atom. The predicted octanol–water partition coefficient (Wildman–Crippen LogP) is 1.73. The molecular weight excluding hydrogens is 246 g/mol. The van der Waals surface area contributed by atoms with Crippen molar-refractivity contribution in [1.82, 2.24) is 0 Å². The molecule has 0 radical (unpaired) electrons. The highest BCUT2D eigenvalue weighted by Crippen LogP contribution is 2.24. The van der Waals surface area contributed by atoms with Gasteiger partial charge in [0.05, 0.1) is 6.10 Å². The Balaban J connectivity index is 2.79. The van der Waals surface area contributed by atoms with Crippen LogP contribution >= 0.6 is 0 Å². The van der Waals surface area contributed by atoms with Crippen LogP contribution in [0.4, 0.5) is 0 Å². The van der Waals surface area contributed by atoms with Crippen LogP contribution in [-0.4, -0.2) is 24.6 Å². The van der Waals surface area contributed by atoms with Crippen LogP contribution in [0.15, 0.2) is 12.1 Å². The van der Waals surface area contributed by atoms with Crippen LogP contribution in [0.25, 0.3) is 0 Å². The van der Waals surface area contributed by atoms with E-state index in [0.29, 0.717) is 11.3 Å². The molecule has 0 aliphatic heterocycles. The van der Waals surface area contributed by atoms with E-state index in [0.717, 1.165) is 11.1 Å². The van der Waals surface area contributed by atoms with E-state index in [1.165, 1.54) is 0 Å². The minimum Gasteiger partial charge on any atom is -0.481 e. The number of aryl methyl sites for hydroxylation is 2. The Kier molecular flexibility index (Phi) is 4.92. The third kappa shape index (κ3) is 4.28. The van der Waals surface area contributed by atoms with Crippen LogP contribution in [0.2, 0.25) is 0 Å². The third-order valence-electron chi connectivity index (χ3n) is 2.45. The fourth-order valence-electron chi connectivity index (χ4n) is 1.75. The van der Waals surface area contributed by atoms with Crippen molar-refractivity contribution < 1.29 is 19.1 Å². The molecule has 104 valence electrons. The molecule has 0 saturated carbocycles. The van der Waals surface area contributed by atoms with E-state index in [1.807, 2.05) is 0 Å². The molecule has 1 aromatic rings. The molecule has 0 aliphatic rings. The first-order valence-electron chi connectivity index (χ1n) is 6.04. The summed E-state index contributed by atoms with van der Waals surface area (Å²) >= 11 is 0. The third-order valence-corrected chi connectivity index (χ3v) is 2.45. The van der Waals surface area contributed by atoms with Crippen molar-refractivity contribution in [1.29, 1.82) is 0 Å². The molecule has 0 saturated heterocycles. The molecule has 5 heteroatoms. The molecule has 0 spiro atoms. The van der Waals surface area contributed by atoms with Gasteiger partial charge >= 0.3 is 5.97 Å². The lowest BCUT2D eigenvalue weighted by molar-refractivity contribution is -0.149. The topological polar surface area (TPSA) is 78.6 Å². The fourth-order valence-corrected chi connectivity index (χ4v) is 1.75. The molecule has 0 heterocycles. The van der Waals surface area contributed by atoms with Crippen LogP contribution in [0.5, 0.6) is 5.75 Å². The Morgan fingerprint density at radius 1 is 1.21 bits per heavy atom. The SMILES string of the molecule is Cc1cc(C(N)=O)cc(C)c1OCC(=O)OC(C)C. The predicted molar refractivity (Wildman–Crippen MR) is 71.2 cm³/mol. The molecule has 1 aromatic carbocycles. The maximum absolute atomic E-state index is 11.4. The van der Waals surface area contributed by atoms with E-state index in [1.54, 1.807) is 39.8 Å². The second-order valence-corrected chi connectivity index (χ2v) is 4.63. The summed E-state index contributed by atoms with van der Waals surface area (Å²) in [5, 5.41) is 0. The standard InChI is InChI=1S/C14H19NO4/c1-8(2)19-12(16)7-18-13-9(3)5-11(14(15)17)6-10(13)4/h5-6,8H,7H2,1-4H3,(H2,15,17). The van der Waals surface area contributed by atoms with Gasteiger partial charge in [-0.15, -0.1) is 0 Å². The minimum atomic E-state index is -0.489. The molecule has 0 atom stereocenters. The van der Waals surface area contributed by atoms with Gasteiger partial charge in [0.25, 0.3) is 0 Å². The maximum atomic E-state index is 11.4. The summed E-state index contributed by atoms with van der Waals surface area (Å²) in [6.07, 6.45) is -0.171. The van der Waals surface area contributed by atoms with E-state index in [9.17, 15) is 9.59 Å². The lowest BCUT2D eigenvalue weighted by atomic mass is 10.1. The number of hydrogen-bond donors (Lipinski definition) is 1. The van der Waals surface area contributed by atoms with Crippen LogP contribution in [0.1, 0.15) is 35.3 Å². The number of esters is 1. The molecule has 0 aliphatic carbocycles. The van der Waals surface area contributed by atoms with E-state index < -0.39 is 11.9 Å². The molecule has 19 heavy (non-hydrogen) atoms. The van der Waals surface area contributed by atoms with Crippen LogP contribution in [-0.2, 0) is 9.53 Å². The number of carbonyl (C=O) groups excluding carboxylic acids is 2. The molecule has 0 aromatic heterocycles. The van der Waals surface area contributed by atoms with Gasteiger partial charge < -0.3 is 15.2 Å². The summed E-state index contributed by atoms with van der Waals surface area (Å²) in [6, 6.07) is 3.27. The van der Waals surface area contributed by atoms with Gasteiger partial charge in [-0.25, -0.2) is 4.79 Å². The van der Waals surface area contributed by atoms with E-state index in [2.05, 4.69) is 0 Å². The first-order chi connectivity index (χ1) is 8.81. The highest BCUT2D eigenvalue weighted by atomic mass is 16.6. The Hall–Kier alpha value is -2.04. The van der Waals surface area contributed by atoms with Crippen molar-refractivity contribution in [3.8, 4) is 5.75 Å². The normalized spacial score (nSPS) is 10.4. The van der Waals surface area contributed by atoms with Gasteiger partial charge in [0.1, 0.15) is 5.75 Å². The van der Waals surface area contributed by atoms with Gasteiger partial charge in [0.2, 0.25) is 5.91 Å². The smallest absolute Gasteiger partial charge is 0.344 e. The van der Waals surface area contributed by atoms with Gasteiger partial charge in [0.15, 0.2) is 6.61 Å². The number of carbonyl (C=O) groups is 2. The lowest BCUT2D eigenvalue weighted by Crippen LogP contribution is -2.19. The minimum absolute atomic E-state index is 0.157. The average Bonchev–Trinajstić information content (AvgIpc) is 2.26. The summed E-state index contributed by atoms with van der Waals surface area (Å²) in [5.74, 6) is -0.338. The zero-order chi connectivity index (χ0) is 14.6. The lowest BCUT2D eigenvalue weighted by Gasteiger charge is -2.13. The number of benzene rings is 1. The molecule has 0 bridgehead atoms. The Morgan fingerprint density at radius 3 is 2.16 bits per heavy atom. The Bertz CT molecular complexity index is 471. The summed E-state index contributed by atoms with van der Waals surface area (Å²) in [4.78, 5) is 22.5. The first-order valence-corrected chi connectivity index (χ1v) is 6.04. The van der Waals surface area contributed by atoms with Crippen molar-refractivity contribution in [2.75, 3.05) is 6.61 Å². The number of amides is 1. The van der Waals surface area contributed by atoms with Gasteiger partial charge in [-0.2, -0.15) is 0 Å². The summed E-state index contributed by atoms with van der Waals surface area (Å²) in [5.41, 5.74) is 7.16. The second-order valence-electron chi connectivity index (χ2n) is 4.63. The summed E-state index contributed by atoms with van der Waals surface area (Å²) in [6.45, 7) is 6.98.